The van der Waals surface area contributed by atoms with E-state index in [-0.39, 0.29) is 23.3 Å². The lowest BCUT2D eigenvalue weighted by molar-refractivity contribution is -0.119. The Balaban J connectivity index is 1.79. The lowest BCUT2D eigenvalue weighted by atomic mass is 9.97. The van der Waals surface area contributed by atoms with Gasteiger partial charge in [-0.25, -0.2) is 0 Å². The summed E-state index contributed by atoms with van der Waals surface area (Å²) >= 11 is 0. The molecule has 0 saturated carbocycles. The summed E-state index contributed by atoms with van der Waals surface area (Å²) in [5, 5.41) is 8.49. The van der Waals surface area contributed by atoms with Gasteiger partial charge < -0.3 is 25.4 Å². The first-order valence-corrected chi connectivity index (χ1v) is 11.7. The largest absolute Gasteiger partial charge is 0.497 e. The van der Waals surface area contributed by atoms with E-state index in [1.165, 1.54) is 7.11 Å². The monoisotopic (exact) mass is 489 g/mol. The molecule has 36 heavy (non-hydrogen) atoms. The Morgan fingerprint density at radius 2 is 1.42 bits per heavy atom. The minimum absolute atomic E-state index is 0.148. The summed E-state index contributed by atoms with van der Waals surface area (Å²) in [4.78, 5) is 39.3. The number of carbonyl (C=O) groups is 3. The highest BCUT2D eigenvalue weighted by Crippen LogP contribution is 2.24. The smallest absolute Gasteiger partial charge is 0.255 e. The highest BCUT2D eigenvalue weighted by atomic mass is 16.5. The molecule has 3 amide bonds. The fourth-order valence-corrected chi connectivity index (χ4v) is 3.61. The fourth-order valence-electron chi connectivity index (χ4n) is 3.61. The molecular formula is C28H31N3O5. The first-order chi connectivity index (χ1) is 17.4. The Morgan fingerprint density at radius 1 is 0.778 bits per heavy atom. The van der Waals surface area contributed by atoms with Crippen LogP contribution in [0.1, 0.15) is 41.0 Å². The number of para-hydroxylation sites is 3. The SMILES string of the molecule is CC[C@@H](C)[C@H](NC(=O)c1ccccc1NC(=O)c1ccc(OC)cc1)C(=O)Nc1ccccc1OC. The van der Waals surface area contributed by atoms with Crippen molar-refractivity contribution in [2.24, 2.45) is 5.92 Å². The van der Waals surface area contributed by atoms with Crippen LogP contribution >= 0.6 is 0 Å². The topological polar surface area (TPSA) is 106 Å². The number of amides is 3. The van der Waals surface area contributed by atoms with Gasteiger partial charge in [0, 0.05) is 5.56 Å². The van der Waals surface area contributed by atoms with Gasteiger partial charge in [0.15, 0.2) is 0 Å². The van der Waals surface area contributed by atoms with Gasteiger partial charge in [-0.2, -0.15) is 0 Å². The summed E-state index contributed by atoms with van der Waals surface area (Å²) in [6, 6.07) is 19.6. The third kappa shape index (κ3) is 6.41. The Kier molecular flexibility index (Phi) is 9.05. The Hall–Kier alpha value is -4.33. The normalized spacial score (nSPS) is 12.1. The number of hydrogen-bond acceptors (Lipinski definition) is 5. The molecule has 0 bridgehead atoms. The Bertz CT molecular complexity index is 1210. The summed E-state index contributed by atoms with van der Waals surface area (Å²) in [7, 11) is 3.07. The zero-order valence-corrected chi connectivity index (χ0v) is 20.8. The predicted molar refractivity (Wildman–Crippen MR) is 140 cm³/mol. The molecule has 3 aromatic rings. The van der Waals surface area contributed by atoms with Crippen molar-refractivity contribution in [1.82, 2.24) is 5.32 Å². The fraction of sp³-hybridized carbons (Fsp3) is 0.250. The first kappa shape index (κ1) is 26.3. The van der Waals surface area contributed by atoms with Crippen LogP contribution in [0.5, 0.6) is 11.5 Å². The van der Waals surface area contributed by atoms with Crippen molar-refractivity contribution in [3.05, 3.63) is 83.9 Å². The van der Waals surface area contributed by atoms with E-state index in [1.807, 2.05) is 13.8 Å². The molecule has 2 atom stereocenters. The van der Waals surface area contributed by atoms with Crippen LogP contribution in [-0.4, -0.2) is 38.0 Å². The van der Waals surface area contributed by atoms with E-state index in [0.717, 1.165) is 0 Å². The summed E-state index contributed by atoms with van der Waals surface area (Å²) in [5.41, 5.74) is 1.51. The Morgan fingerprint density at radius 3 is 2.06 bits per heavy atom. The minimum Gasteiger partial charge on any atom is -0.497 e. The summed E-state index contributed by atoms with van der Waals surface area (Å²) in [6.07, 6.45) is 0.667. The molecule has 0 radical (unpaired) electrons. The van der Waals surface area contributed by atoms with Crippen molar-refractivity contribution >= 4 is 29.1 Å². The van der Waals surface area contributed by atoms with Crippen LogP contribution in [-0.2, 0) is 4.79 Å². The number of nitrogens with one attached hydrogen (secondary N) is 3. The van der Waals surface area contributed by atoms with Crippen molar-refractivity contribution in [2.75, 3.05) is 24.9 Å². The molecule has 0 aliphatic heterocycles. The number of carbonyl (C=O) groups excluding carboxylic acids is 3. The maximum Gasteiger partial charge on any atom is 0.255 e. The minimum atomic E-state index is -0.808. The molecule has 0 heterocycles. The van der Waals surface area contributed by atoms with Gasteiger partial charge in [-0.05, 0) is 54.4 Å². The van der Waals surface area contributed by atoms with E-state index >= 15 is 0 Å². The standard InChI is InChI=1S/C28H31N3O5/c1-5-18(2)25(28(34)30-23-12-8-9-13-24(23)36-4)31-27(33)21-10-6-7-11-22(21)29-26(32)19-14-16-20(35-3)17-15-19/h6-18,25H,5H2,1-4H3,(H,29,32)(H,30,34)(H,31,33)/t18-,25+/m1/s1. The molecule has 0 unspecified atom stereocenters. The predicted octanol–water partition coefficient (Wildman–Crippen LogP) is 4.74. The van der Waals surface area contributed by atoms with Crippen LogP contribution in [0.4, 0.5) is 11.4 Å². The quantitative estimate of drug-likeness (QED) is 0.382. The number of benzene rings is 3. The van der Waals surface area contributed by atoms with Gasteiger partial charge in [0.05, 0.1) is 31.2 Å². The lowest BCUT2D eigenvalue weighted by Gasteiger charge is -2.24. The summed E-state index contributed by atoms with van der Waals surface area (Å²) < 4.78 is 10.4. The second-order valence-electron chi connectivity index (χ2n) is 8.25. The van der Waals surface area contributed by atoms with Gasteiger partial charge >= 0.3 is 0 Å². The van der Waals surface area contributed by atoms with E-state index in [0.29, 0.717) is 34.9 Å². The number of rotatable bonds is 10. The molecule has 8 heteroatoms. The van der Waals surface area contributed by atoms with Crippen LogP contribution in [0.25, 0.3) is 0 Å². The van der Waals surface area contributed by atoms with Crippen molar-refractivity contribution < 1.29 is 23.9 Å². The maximum absolute atomic E-state index is 13.3. The van der Waals surface area contributed by atoms with Gasteiger partial charge in [-0.1, -0.05) is 44.5 Å². The summed E-state index contributed by atoms with van der Waals surface area (Å²) in [6.45, 7) is 3.84. The molecule has 8 nitrogen and oxygen atoms in total. The highest BCUT2D eigenvalue weighted by Gasteiger charge is 2.28. The lowest BCUT2D eigenvalue weighted by Crippen LogP contribution is -2.47. The molecule has 3 aromatic carbocycles. The van der Waals surface area contributed by atoms with Crippen molar-refractivity contribution in [3.63, 3.8) is 0 Å². The van der Waals surface area contributed by atoms with Gasteiger partial charge in [0.25, 0.3) is 11.8 Å². The molecule has 0 saturated heterocycles. The van der Waals surface area contributed by atoms with Gasteiger partial charge in [-0.3, -0.25) is 14.4 Å². The molecule has 3 N–H and O–H groups in total. The highest BCUT2D eigenvalue weighted by molar-refractivity contribution is 6.10. The van der Waals surface area contributed by atoms with Gasteiger partial charge in [0.1, 0.15) is 17.5 Å². The molecule has 188 valence electrons. The van der Waals surface area contributed by atoms with E-state index in [2.05, 4.69) is 16.0 Å². The second kappa shape index (κ2) is 12.4. The van der Waals surface area contributed by atoms with Crippen LogP contribution in [0.3, 0.4) is 0 Å². The molecule has 0 aliphatic carbocycles. The van der Waals surface area contributed by atoms with Gasteiger partial charge in [-0.15, -0.1) is 0 Å². The van der Waals surface area contributed by atoms with Gasteiger partial charge in [0.2, 0.25) is 5.91 Å². The molecule has 3 rings (SSSR count). The van der Waals surface area contributed by atoms with Crippen LogP contribution < -0.4 is 25.4 Å². The molecule has 0 aromatic heterocycles. The average Bonchev–Trinajstić information content (AvgIpc) is 2.91. The van der Waals surface area contributed by atoms with Crippen molar-refractivity contribution in [3.8, 4) is 11.5 Å². The van der Waals surface area contributed by atoms with E-state index in [9.17, 15) is 14.4 Å². The van der Waals surface area contributed by atoms with E-state index in [1.54, 1.807) is 79.9 Å². The summed E-state index contributed by atoms with van der Waals surface area (Å²) in [5.74, 6) is -0.196. The van der Waals surface area contributed by atoms with Crippen LogP contribution in [0.15, 0.2) is 72.8 Å². The zero-order valence-electron chi connectivity index (χ0n) is 20.8. The molecular weight excluding hydrogens is 458 g/mol. The molecule has 0 aliphatic rings. The zero-order chi connectivity index (χ0) is 26.1. The van der Waals surface area contributed by atoms with Crippen LogP contribution in [0.2, 0.25) is 0 Å². The van der Waals surface area contributed by atoms with Crippen LogP contribution in [0, 0.1) is 5.92 Å². The van der Waals surface area contributed by atoms with E-state index < -0.39 is 11.9 Å². The Labute approximate surface area is 211 Å². The van der Waals surface area contributed by atoms with E-state index in [4.69, 9.17) is 9.47 Å². The molecule has 0 spiro atoms. The number of hydrogen-bond donors (Lipinski definition) is 3. The second-order valence-corrected chi connectivity index (χ2v) is 8.25. The third-order valence-corrected chi connectivity index (χ3v) is 5.92. The molecule has 0 fully saturated rings. The third-order valence-electron chi connectivity index (χ3n) is 5.92. The van der Waals surface area contributed by atoms with Crippen molar-refractivity contribution in [2.45, 2.75) is 26.3 Å². The number of ether oxygens (including phenoxy) is 2. The average molecular weight is 490 g/mol. The number of anilines is 2. The number of methoxy groups -OCH3 is 2. The first-order valence-electron chi connectivity index (χ1n) is 11.7. The van der Waals surface area contributed by atoms with Crippen molar-refractivity contribution in [1.29, 1.82) is 0 Å². The maximum atomic E-state index is 13.3.